The maximum absolute atomic E-state index is 12.7. The molecule has 0 bridgehead atoms. The van der Waals surface area contributed by atoms with E-state index in [1.165, 1.54) is 10.7 Å². The molecule has 9 heteroatoms. The molecule has 0 saturated carbocycles. The first kappa shape index (κ1) is 20.2. The van der Waals surface area contributed by atoms with E-state index in [0.717, 1.165) is 18.7 Å². The molecule has 2 aliphatic rings. The number of hydrogen-bond acceptors (Lipinski definition) is 6. The maximum Gasteiger partial charge on any atom is 0.266 e. The summed E-state index contributed by atoms with van der Waals surface area (Å²) in [7, 11) is 1.74. The molecular formula is C21H26N6O3. The standard InChI is InChI=1S/C21H26N6O3/c1-24-15-17(13-20(24)29)21(30)26-10-7-25(8-11-26)9-12-27-19(28)5-4-18(23-27)16-3-2-6-22-14-16/h2-6,14,17H,7-13,15H2,1H3. The molecule has 0 aliphatic carbocycles. The maximum atomic E-state index is 12.7. The number of amides is 2. The molecule has 1 unspecified atom stereocenters. The second-order valence-electron chi connectivity index (χ2n) is 7.86. The third-order valence-corrected chi connectivity index (χ3v) is 5.83. The summed E-state index contributed by atoms with van der Waals surface area (Å²) >= 11 is 0. The Kier molecular flexibility index (Phi) is 5.89. The molecule has 1 atom stereocenters. The van der Waals surface area contributed by atoms with Crippen LogP contribution in [0.25, 0.3) is 11.3 Å². The number of carbonyl (C=O) groups is 2. The highest BCUT2D eigenvalue weighted by Gasteiger charge is 2.35. The van der Waals surface area contributed by atoms with E-state index in [2.05, 4.69) is 15.0 Å². The van der Waals surface area contributed by atoms with Crippen molar-refractivity contribution in [2.45, 2.75) is 13.0 Å². The highest BCUT2D eigenvalue weighted by Crippen LogP contribution is 2.19. The molecule has 30 heavy (non-hydrogen) atoms. The minimum Gasteiger partial charge on any atom is -0.345 e. The van der Waals surface area contributed by atoms with Gasteiger partial charge in [-0.25, -0.2) is 4.68 Å². The monoisotopic (exact) mass is 410 g/mol. The van der Waals surface area contributed by atoms with Crippen molar-refractivity contribution in [3.63, 3.8) is 0 Å². The lowest BCUT2D eigenvalue weighted by atomic mass is 10.1. The van der Waals surface area contributed by atoms with Crippen LogP contribution in [0.4, 0.5) is 0 Å². The normalized spacial score (nSPS) is 20.0. The van der Waals surface area contributed by atoms with Crippen LogP contribution in [-0.4, -0.2) is 87.6 Å². The van der Waals surface area contributed by atoms with Gasteiger partial charge in [0.2, 0.25) is 11.8 Å². The first-order chi connectivity index (χ1) is 14.5. The Bertz CT molecular complexity index is 968. The lowest BCUT2D eigenvalue weighted by molar-refractivity contribution is -0.137. The SMILES string of the molecule is CN1CC(C(=O)N2CCN(CCn3nc(-c4cccnc4)ccc3=O)CC2)CC1=O. The summed E-state index contributed by atoms with van der Waals surface area (Å²) in [6.45, 7) is 4.48. The molecule has 2 saturated heterocycles. The van der Waals surface area contributed by atoms with Gasteiger partial charge in [0, 0.05) is 76.8 Å². The third kappa shape index (κ3) is 4.40. The van der Waals surface area contributed by atoms with E-state index >= 15 is 0 Å². The number of nitrogens with zero attached hydrogens (tertiary/aromatic N) is 6. The third-order valence-electron chi connectivity index (χ3n) is 5.83. The van der Waals surface area contributed by atoms with Crippen molar-refractivity contribution >= 4 is 11.8 Å². The number of hydrogen-bond donors (Lipinski definition) is 0. The molecule has 0 radical (unpaired) electrons. The van der Waals surface area contributed by atoms with Crippen molar-refractivity contribution in [1.82, 2.24) is 29.5 Å². The van der Waals surface area contributed by atoms with E-state index in [4.69, 9.17) is 0 Å². The van der Waals surface area contributed by atoms with Gasteiger partial charge < -0.3 is 9.80 Å². The number of aromatic nitrogens is 3. The van der Waals surface area contributed by atoms with Gasteiger partial charge in [0.25, 0.3) is 5.56 Å². The fraction of sp³-hybridized carbons (Fsp3) is 0.476. The van der Waals surface area contributed by atoms with Crippen molar-refractivity contribution < 1.29 is 9.59 Å². The van der Waals surface area contributed by atoms with Crippen molar-refractivity contribution in [1.29, 1.82) is 0 Å². The minimum atomic E-state index is -0.216. The van der Waals surface area contributed by atoms with E-state index in [1.54, 1.807) is 30.4 Å². The summed E-state index contributed by atoms with van der Waals surface area (Å²) < 4.78 is 1.49. The van der Waals surface area contributed by atoms with Gasteiger partial charge in [0.1, 0.15) is 0 Å². The predicted molar refractivity (Wildman–Crippen MR) is 110 cm³/mol. The molecule has 2 aromatic rings. The highest BCUT2D eigenvalue weighted by molar-refractivity contribution is 5.89. The molecular weight excluding hydrogens is 384 g/mol. The second kappa shape index (κ2) is 8.74. The Morgan fingerprint density at radius 1 is 1.10 bits per heavy atom. The molecule has 0 N–H and O–H groups in total. The number of piperazine rings is 1. The molecule has 2 aliphatic heterocycles. The molecule has 0 spiro atoms. The Balaban J connectivity index is 1.30. The van der Waals surface area contributed by atoms with Crippen LogP contribution in [0.1, 0.15) is 6.42 Å². The quantitative estimate of drug-likeness (QED) is 0.685. The Labute approximate surface area is 174 Å². The van der Waals surface area contributed by atoms with Crippen LogP contribution in [0.5, 0.6) is 0 Å². The van der Waals surface area contributed by atoms with Crippen LogP contribution >= 0.6 is 0 Å². The topological polar surface area (TPSA) is 91.6 Å². The van der Waals surface area contributed by atoms with E-state index in [9.17, 15) is 14.4 Å². The fourth-order valence-corrected chi connectivity index (χ4v) is 3.99. The van der Waals surface area contributed by atoms with Gasteiger partial charge >= 0.3 is 0 Å². The van der Waals surface area contributed by atoms with E-state index in [1.807, 2.05) is 17.0 Å². The van der Waals surface area contributed by atoms with Crippen LogP contribution in [0.15, 0.2) is 41.5 Å². The number of pyridine rings is 1. The van der Waals surface area contributed by atoms with Crippen molar-refractivity contribution in [3.05, 3.63) is 47.0 Å². The molecule has 4 rings (SSSR count). The van der Waals surface area contributed by atoms with Gasteiger partial charge in [0.15, 0.2) is 0 Å². The summed E-state index contributed by atoms with van der Waals surface area (Å²) in [5.41, 5.74) is 1.45. The van der Waals surface area contributed by atoms with Crippen LogP contribution < -0.4 is 5.56 Å². The van der Waals surface area contributed by atoms with E-state index in [-0.39, 0.29) is 23.3 Å². The largest absolute Gasteiger partial charge is 0.345 e. The lowest BCUT2D eigenvalue weighted by Gasteiger charge is -2.35. The number of carbonyl (C=O) groups excluding carboxylic acids is 2. The second-order valence-corrected chi connectivity index (χ2v) is 7.86. The summed E-state index contributed by atoms with van der Waals surface area (Å²) in [6, 6.07) is 7.00. The van der Waals surface area contributed by atoms with Gasteiger partial charge in [0.05, 0.1) is 18.2 Å². The van der Waals surface area contributed by atoms with E-state index in [0.29, 0.717) is 44.8 Å². The average Bonchev–Trinajstić information content (AvgIpc) is 3.12. The summed E-state index contributed by atoms with van der Waals surface area (Å²) in [4.78, 5) is 46.4. The van der Waals surface area contributed by atoms with Crippen molar-refractivity contribution in [2.75, 3.05) is 46.3 Å². The van der Waals surface area contributed by atoms with Crippen LogP contribution in [0.2, 0.25) is 0 Å². The molecule has 158 valence electrons. The minimum absolute atomic E-state index is 0.0402. The molecule has 2 aromatic heterocycles. The number of likely N-dealkylation sites (tertiary alicyclic amines) is 1. The summed E-state index contributed by atoms with van der Waals surface area (Å²) in [6.07, 6.45) is 3.74. The van der Waals surface area contributed by atoms with Crippen LogP contribution in [0, 0.1) is 5.92 Å². The molecule has 2 fully saturated rings. The van der Waals surface area contributed by atoms with Gasteiger partial charge in [-0.05, 0) is 18.2 Å². The van der Waals surface area contributed by atoms with Crippen molar-refractivity contribution in [3.8, 4) is 11.3 Å². The van der Waals surface area contributed by atoms with Gasteiger partial charge in [-0.3, -0.25) is 24.3 Å². The van der Waals surface area contributed by atoms with Crippen molar-refractivity contribution in [2.24, 2.45) is 5.92 Å². The number of rotatable bonds is 5. The Morgan fingerprint density at radius 3 is 2.57 bits per heavy atom. The Hall–Kier alpha value is -3.07. The van der Waals surface area contributed by atoms with Crippen LogP contribution in [-0.2, 0) is 16.1 Å². The Morgan fingerprint density at radius 2 is 1.90 bits per heavy atom. The predicted octanol–water partition coefficient (Wildman–Crippen LogP) is -0.0722. The van der Waals surface area contributed by atoms with Crippen LogP contribution in [0.3, 0.4) is 0 Å². The zero-order valence-corrected chi connectivity index (χ0v) is 17.1. The zero-order chi connectivity index (χ0) is 21.1. The van der Waals surface area contributed by atoms with Gasteiger partial charge in [-0.15, -0.1) is 0 Å². The fourth-order valence-electron chi connectivity index (χ4n) is 3.99. The molecule has 2 amide bonds. The summed E-state index contributed by atoms with van der Waals surface area (Å²) in [5.74, 6) is -0.0973. The van der Waals surface area contributed by atoms with Gasteiger partial charge in [-0.2, -0.15) is 5.10 Å². The summed E-state index contributed by atoms with van der Waals surface area (Å²) in [5, 5.41) is 4.47. The molecule has 0 aromatic carbocycles. The average molecular weight is 410 g/mol. The molecule has 4 heterocycles. The van der Waals surface area contributed by atoms with E-state index < -0.39 is 0 Å². The smallest absolute Gasteiger partial charge is 0.266 e. The first-order valence-corrected chi connectivity index (χ1v) is 10.2. The van der Waals surface area contributed by atoms with Gasteiger partial charge in [-0.1, -0.05) is 0 Å². The first-order valence-electron chi connectivity index (χ1n) is 10.2. The highest BCUT2D eigenvalue weighted by atomic mass is 16.2. The zero-order valence-electron chi connectivity index (χ0n) is 17.1. The molecule has 9 nitrogen and oxygen atoms in total. The lowest BCUT2D eigenvalue weighted by Crippen LogP contribution is -2.51.